The highest BCUT2D eigenvalue weighted by Crippen LogP contribution is 2.31. The van der Waals surface area contributed by atoms with E-state index >= 15 is 0 Å². The minimum atomic E-state index is -0.472. The molecular weight excluding hydrogens is 450 g/mol. The Balaban J connectivity index is 1.42. The van der Waals surface area contributed by atoms with Crippen LogP contribution in [0.25, 0.3) is 0 Å². The standard InChI is InChI=1S/C27H22NO5S/c29-27(33-19-18-32-23-16-14-22(15-17-23)28(30)31)21-8-7-13-26(20-21)34(24-9-3-1-4-10-24)25-11-5-2-6-12-25/h1-17,20H,18-19H2/q+1. The van der Waals surface area contributed by atoms with Crippen LogP contribution in [0.5, 0.6) is 5.75 Å². The van der Waals surface area contributed by atoms with E-state index in [1.54, 1.807) is 6.07 Å². The average Bonchev–Trinajstić information content (AvgIpc) is 2.88. The van der Waals surface area contributed by atoms with Crippen molar-refractivity contribution in [3.05, 3.63) is 125 Å². The van der Waals surface area contributed by atoms with Gasteiger partial charge >= 0.3 is 5.97 Å². The topological polar surface area (TPSA) is 78.7 Å². The summed E-state index contributed by atoms with van der Waals surface area (Å²) in [5.41, 5.74) is 0.459. The molecule has 0 saturated heterocycles. The van der Waals surface area contributed by atoms with Crippen molar-refractivity contribution in [2.24, 2.45) is 0 Å². The number of benzene rings is 4. The van der Waals surface area contributed by atoms with Crippen LogP contribution in [0.3, 0.4) is 0 Å². The van der Waals surface area contributed by atoms with Crippen LogP contribution in [0, 0.1) is 10.1 Å². The first-order valence-electron chi connectivity index (χ1n) is 10.6. The molecule has 6 nitrogen and oxygen atoms in total. The highest BCUT2D eigenvalue weighted by molar-refractivity contribution is 7.97. The van der Waals surface area contributed by atoms with Gasteiger partial charge in [-0.15, -0.1) is 0 Å². The number of ether oxygens (including phenoxy) is 2. The maximum Gasteiger partial charge on any atom is 0.338 e. The molecule has 7 heteroatoms. The van der Waals surface area contributed by atoms with Gasteiger partial charge in [0, 0.05) is 18.2 Å². The zero-order valence-corrected chi connectivity index (χ0v) is 19.0. The Hall–Kier alpha value is -4.10. The molecule has 4 aromatic rings. The normalized spacial score (nSPS) is 10.6. The number of hydrogen-bond acceptors (Lipinski definition) is 5. The Morgan fingerprint density at radius 3 is 1.91 bits per heavy atom. The molecular formula is C27H22NO5S+. The van der Waals surface area contributed by atoms with E-state index in [0.29, 0.717) is 11.3 Å². The van der Waals surface area contributed by atoms with Gasteiger partial charge in [0.25, 0.3) is 5.69 Å². The van der Waals surface area contributed by atoms with E-state index in [9.17, 15) is 14.9 Å². The first-order chi connectivity index (χ1) is 16.6. The molecule has 0 spiro atoms. The number of hydrogen-bond donors (Lipinski definition) is 0. The minimum absolute atomic E-state index is 0.0105. The van der Waals surface area contributed by atoms with Crippen LogP contribution in [-0.4, -0.2) is 24.1 Å². The van der Waals surface area contributed by atoms with Crippen LogP contribution in [-0.2, 0) is 15.6 Å². The molecule has 170 valence electrons. The zero-order chi connectivity index (χ0) is 23.8. The molecule has 0 amide bonds. The van der Waals surface area contributed by atoms with Gasteiger partial charge in [-0.25, -0.2) is 4.79 Å². The number of esters is 1. The Kier molecular flexibility index (Phi) is 7.57. The maximum absolute atomic E-state index is 12.7. The summed E-state index contributed by atoms with van der Waals surface area (Å²) in [5.74, 6) is 0.0391. The summed E-state index contributed by atoms with van der Waals surface area (Å²) >= 11 is 0. The summed E-state index contributed by atoms with van der Waals surface area (Å²) in [5, 5.41) is 10.7. The lowest BCUT2D eigenvalue weighted by atomic mass is 10.2. The van der Waals surface area contributed by atoms with Crippen LogP contribution < -0.4 is 4.74 Å². The molecule has 0 atom stereocenters. The quantitative estimate of drug-likeness (QED) is 0.0992. The van der Waals surface area contributed by atoms with E-state index in [1.165, 1.54) is 24.3 Å². The van der Waals surface area contributed by atoms with Crippen LogP contribution in [0.1, 0.15) is 10.4 Å². The second kappa shape index (κ2) is 11.2. The molecule has 0 fully saturated rings. The first-order valence-corrected chi connectivity index (χ1v) is 11.8. The molecule has 0 aliphatic rings. The van der Waals surface area contributed by atoms with Crippen molar-refractivity contribution in [2.45, 2.75) is 14.7 Å². The summed E-state index contributed by atoms with van der Waals surface area (Å²) < 4.78 is 10.9. The third-order valence-corrected chi connectivity index (χ3v) is 7.11. The fourth-order valence-electron chi connectivity index (χ4n) is 3.31. The Morgan fingerprint density at radius 2 is 1.32 bits per heavy atom. The van der Waals surface area contributed by atoms with E-state index in [-0.39, 0.29) is 29.8 Å². The molecule has 0 N–H and O–H groups in total. The number of nitro groups is 1. The molecule has 4 aromatic carbocycles. The summed E-state index contributed by atoms with van der Waals surface area (Å²) in [7, 11) is -0.360. The molecule has 0 bridgehead atoms. The summed E-state index contributed by atoms with van der Waals surface area (Å²) in [6, 6.07) is 33.7. The van der Waals surface area contributed by atoms with Crippen molar-refractivity contribution in [2.75, 3.05) is 13.2 Å². The molecule has 0 aliphatic heterocycles. The summed E-state index contributed by atoms with van der Waals surface area (Å²) in [6.07, 6.45) is 0. The van der Waals surface area contributed by atoms with Gasteiger partial charge in [-0.1, -0.05) is 42.5 Å². The predicted molar refractivity (Wildman–Crippen MR) is 130 cm³/mol. The minimum Gasteiger partial charge on any atom is -0.490 e. The second-order valence-corrected chi connectivity index (χ2v) is 9.22. The number of nitro benzene ring substituents is 1. The van der Waals surface area contributed by atoms with Gasteiger partial charge in [0.05, 0.1) is 21.4 Å². The first kappa shape index (κ1) is 23.1. The lowest BCUT2D eigenvalue weighted by Gasteiger charge is -2.10. The highest BCUT2D eigenvalue weighted by atomic mass is 32.2. The summed E-state index contributed by atoms with van der Waals surface area (Å²) in [6.45, 7) is 0.199. The zero-order valence-electron chi connectivity index (χ0n) is 18.2. The van der Waals surface area contributed by atoms with Gasteiger partial charge in [0.15, 0.2) is 14.7 Å². The third-order valence-electron chi connectivity index (χ3n) is 4.90. The van der Waals surface area contributed by atoms with Crippen LogP contribution in [0.2, 0.25) is 0 Å². The number of non-ortho nitro benzene ring substituents is 1. The van der Waals surface area contributed by atoms with Crippen molar-refractivity contribution in [3.8, 4) is 5.75 Å². The Bertz CT molecular complexity index is 1210. The monoisotopic (exact) mass is 472 g/mol. The molecule has 0 saturated carbocycles. The Morgan fingerprint density at radius 1 is 0.735 bits per heavy atom. The average molecular weight is 473 g/mol. The smallest absolute Gasteiger partial charge is 0.338 e. The predicted octanol–water partition coefficient (Wildman–Crippen LogP) is 5.93. The molecule has 0 radical (unpaired) electrons. The van der Waals surface area contributed by atoms with Crippen molar-refractivity contribution in [1.29, 1.82) is 0 Å². The van der Waals surface area contributed by atoms with Crippen molar-refractivity contribution >= 4 is 22.6 Å². The van der Waals surface area contributed by atoms with Gasteiger partial charge in [0.2, 0.25) is 0 Å². The van der Waals surface area contributed by atoms with Gasteiger partial charge in [-0.2, -0.15) is 0 Å². The summed E-state index contributed by atoms with van der Waals surface area (Å²) in [4.78, 5) is 26.3. The number of carbonyl (C=O) groups is 1. The fraction of sp³-hybridized carbons (Fsp3) is 0.0741. The molecule has 0 aromatic heterocycles. The molecule has 0 aliphatic carbocycles. The van der Waals surface area contributed by atoms with Crippen LogP contribution >= 0.6 is 0 Å². The second-order valence-electron chi connectivity index (χ2n) is 7.20. The largest absolute Gasteiger partial charge is 0.490 e. The van der Waals surface area contributed by atoms with Gasteiger partial charge < -0.3 is 9.47 Å². The van der Waals surface area contributed by atoms with E-state index in [4.69, 9.17) is 9.47 Å². The van der Waals surface area contributed by atoms with Crippen molar-refractivity contribution in [1.82, 2.24) is 0 Å². The maximum atomic E-state index is 12.7. The van der Waals surface area contributed by atoms with Gasteiger partial charge in [0.1, 0.15) is 19.0 Å². The highest BCUT2D eigenvalue weighted by Gasteiger charge is 2.29. The molecule has 34 heavy (non-hydrogen) atoms. The van der Waals surface area contributed by atoms with Gasteiger partial charge in [-0.3, -0.25) is 10.1 Å². The van der Waals surface area contributed by atoms with E-state index in [2.05, 4.69) is 24.3 Å². The number of carbonyl (C=O) groups excluding carboxylic acids is 1. The fourth-order valence-corrected chi connectivity index (χ4v) is 5.45. The SMILES string of the molecule is O=C(OCCOc1ccc([N+](=O)[O-])cc1)c1cccc([S+](c2ccccc2)c2ccccc2)c1. The molecule has 0 unspecified atom stereocenters. The lowest BCUT2D eigenvalue weighted by molar-refractivity contribution is -0.384. The van der Waals surface area contributed by atoms with E-state index in [1.807, 2.05) is 54.6 Å². The van der Waals surface area contributed by atoms with Crippen LogP contribution in [0.15, 0.2) is 124 Å². The molecule has 0 heterocycles. The Labute approximate surface area is 200 Å². The van der Waals surface area contributed by atoms with Crippen molar-refractivity contribution < 1.29 is 19.2 Å². The number of rotatable bonds is 9. The number of nitrogens with zero attached hydrogens (tertiary/aromatic N) is 1. The van der Waals surface area contributed by atoms with Crippen molar-refractivity contribution in [3.63, 3.8) is 0 Å². The lowest BCUT2D eigenvalue weighted by Crippen LogP contribution is -2.13. The molecule has 4 rings (SSSR count). The van der Waals surface area contributed by atoms with Crippen LogP contribution in [0.4, 0.5) is 5.69 Å². The van der Waals surface area contributed by atoms with E-state index in [0.717, 1.165) is 14.7 Å². The van der Waals surface area contributed by atoms with E-state index < -0.39 is 10.9 Å². The third kappa shape index (κ3) is 5.82. The van der Waals surface area contributed by atoms with Gasteiger partial charge in [-0.05, 0) is 48.5 Å².